The number of aliphatic hydroxyl groups is 1. The Labute approximate surface area is 128 Å². The molecular weight excluding hydrogens is 262 g/mol. The van der Waals surface area contributed by atoms with Crippen molar-refractivity contribution in [2.24, 2.45) is 5.92 Å². The maximum Gasteiger partial charge on any atom is 0.119 e. The first-order chi connectivity index (χ1) is 10.0. The minimum atomic E-state index is -0.458. The molecule has 21 heavy (non-hydrogen) atoms. The first-order valence-corrected chi connectivity index (χ1v) is 8.17. The summed E-state index contributed by atoms with van der Waals surface area (Å²) in [5.74, 6) is 1.56. The molecule has 0 saturated heterocycles. The second-order valence-corrected chi connectivity index (χ2v) is 6.56. The molecule has 1 saturated carbocycles. The van der Waals surface area contributed by atoms with E-state index in [4.69, 9.17) is 4.74 Å². The normalized spacial score (nSPS) is 23.8. The zero-order valence-corrected chi connectivity index (χ0v) is 13.6. The summed E-state index contributed by atoms with van der Waals surface area (Å²) in [6.07, 6.45) is 4.72. The van der Waals surface area contributed by atoms with Crippen LogP contribution in [0, 0.1) is 19.8 Å². The third-order valence-corrected chi connectivity index (χ3v) is 4.36. The zero-order valence-electron chi connectivity index (χ0n) is 13.6. The summed E-state index contributed by atoms with van der Waals surface area (Å²) in [6.45, 7) is 7.37. The van der Waals surface area contributed by atoms with Gasteiger partial charge in [0.05, 0.1) is 0 Å². The summed E-state index contributed by atoms with van der Waals surface area (Å²) < 4.78 is 5.71. The first kappa shape index (κ1) is 16.3. The van der Waals surface area contributed by atoms with Crippen LogP contribution >= 0.6 is 0 Å². The monoisotopic (exact) mass is 291 g/mol. The van der Waals surface area contributed by atoms with Crippen molar-refractivity contribution in [3.63, 3.8) is 0 Å². The van der Waals surface area contributed by atoms with Gasteiger partial charge in [0.2, 0.25) is 0 Å². The summed E-state index contributed by atoms with van der Waals surface area (Å²) in [7, 11) is 0. The molecule has 1 aliphatic rings. The summed E-state index contributed by atoms with van der Waals surface area (Å²) in [5.41, 5.74) is 2.38. The van der Waals surface area contributed by atoms with E-state index >= 15 is 0 Å². The van der Waals surface area contributed by atoms with E-state index in [9.17, 15) is 5.11 Å². The molecule has 3 atom stereocenters. The highest BCUT2D eigenvalue weighted by atomic mass is 16.5. The van der Waals surface area contributed by atoms with Crippen LogP contribution in [-0.4, -0.2) is 30.4 Å². The lowest BCUT2D eigenvalue weighted by molar-refractivity contribution is 0.0984. The standard InChI is InChI=1S/C18H29NO2/c1-13-8-14(2)10-17(9-13)21-12-16(20)11-19-18-7-5-4-6-15(18)3/h8-10,15-16,18-20H,4-7,11-12H2,1-3H3/t15-,16-,18+/m1/s1. The smallest absolute Gasteiger partial charge is 0.119 e. The number of rotatable bonds is 6. The summed E-state index contributed by atoms with van der Waals surface area (Å²) >= 11 is 0. The van der Waals surface area contributed by atoms with Crippen molar-refractivity contribution in [1.82, 2.24) is 5.32 Å². The third kappa shape index (κ3) is 5.33. The SMILES string of the molecule is Cc1cc(C)cc(OC[C@H](O)CN[C@H]2CCCC[C@H]2C)c1. The van der Waals surface area contributed by atoms with Gasteiger partial charge in [-0.25, -0.2) is 0 Å². The van der Waals surface area contributed by atoms with Crippen LogP contribution in [0.4, 0.5) is 0 Å². The van der Waals surface area contributed by atoms with Crippen LogP contribution < -0.4 is 10.1 Å². The van der Waals surface area contributed by atoms with Gasteiger partial charge in [-0.05, 0) is 55.9 Å². The summed E-state index contributed by atoms with van der Waals surface area (Å²) in [5, 5.41) is 13.6. The Kier molecular flexibility index (Phi) is 6.07. The van der Waals surface area contributed by atoms with Gasteiger partial charge in [-0.2, -0.15) is 0 Å². The van der Waals surface area contributed by atoms with Crippen molar-refractivity contribution in [1.29, 1.82) is 0 Å². The van der Waals surface area contributed by atoms with Crippen LogP contribution in [0.5, 0.6) is 5.75 Å². The molecular formula is C18H29NO2. The molecule has 2 rings (SSSR count). The molecule has 1 aromatic carbocycles. The number of hydrogen-bond donors (Lipinski definition) is 2. The van der Waals surface area contributed by atoms with Gasteiger partial charge < -0.3 is 15.2 Å². The van der Waals surface area contributed by atoms with Crippen LogP contribution in [0.2, 0.25) is 0 Å². The minimum absolute atomic E-state index is 0.344. The van der Waals surface area contributed by atoms with E-state index in [1.165, 1.54) is 36.8 Å². The number of nitrogens with one attached hydrogen (secondary N) is 1. The highest BCUT2D eigenvalue weighted by Gasteiger charge is 2.21. The number of benzene rings is 1. The van der Waals surface area contributed by atoms with Gasteiger partial charge in [0.25, 0.3) is 0 Å². The quantitative estimate of drug-likeness (QED) is 0.845. The Balaban J connectivity index is 1.73. The molecule has 0 amide bonds. The lowest BCUT2D eigenvalue weighted by Crippen LogP contribution is -2.42. The molecule has 0 aromatic heterocycles. The molecule has 0 bridgehead atoms. The molecule has 0 spiro atoms. The van der Waals surface area contributed by atoms with E-state index in [0.717, 1.165) is 5.75 Å². The van der Waals surface area contributed by atoms with E-state index in [-0.39, 0.29) is 0 Å². The molecule has 3 nitrogen and oxygen atoms in total. The van der Waals surface area contributed by atoms with Crippen molar-refractivity contribution in [2.45, 2.75) is 58.6 Å². The largest absolute Gasteiger partial charge is 0.491 e. The number of ether oxygens (including phenoxy) is 1. The van der Waals surface area contributed by atoms with Gasteiger partial charge >= 0.3 is 0 Å². The molecule has 1 fully saturated rings. The van der Waals surface area contributed by atoms with E-state index in [0.29, 0.717) is 25.1 Å². The van der Waals surface area contributed by atoms with Gasteiger partial charge in [-0.1, -0.05) is 25.8 Å². The molecule has 0 radical (unpaired) electrons. The number of aryl methyl sites for hydroxylation is 2. The molecule has 0 aliphatic heterocycles. The van der Waals surface area contributed by atoms with Crippen molar-refractivity contribution >= 4 is 0 Å². The number of aliphatic hydroxyl groups excluding tert-OH is 1. The average molecular weight is 291 g/mol. The maximum atomic E-state index is 10.1. The zero-order chi connectivity index (χ0) is 15.2. The first-order valence-electron chi connectivity index (χ1n) is 8.17. The van der Waals surface area contributed by atoms with Gasteiger partial charge in [-0.3, -0.25) is 0 Å². The highest BCUT2D eigenvalue weighted by Crippen LogP contribution is 2.23. The molecule has 3 heteroatoms. The van der Waals surface area contributed by atoms with Crippen LogP contribution in [0.1, 0.15) is 43.7 Å². The summed E-state index contributed by atoms with van der Waals surface area (Å²) in [4.78, 5) is 0. The molecule has 1 aromatic rings. The molecule has 0 heterocycles. The second-order valence-electron chi connectivity index (χ2n) is 6.56. The van der Waals surface area contributed by atoms with Gasteiger partial charge in [0.1, 0.15) is 18.5 Å². The van der Waals surface area contributed by atoms with Gasteiger partial charge in [0, 0.05) is 12.6 Å². The predicted molar refractivity (Wildman–Crippen MR) is 86.8 cm³/mol. The van der Waals surface area contributed by atoms with E-state index in [1.54, 1.807) is 0 Å². The van der Waals surface area contributed by atoms with Crippen molar-refractivity contribution < 1.29 is 9.84 Å². The highest BCUT2D eigenvalue weighted by molar-refractivity contribution is 5.32. The van der Waals surface area contributed by atoms with Gasteiger partial charge in [0.15, 0.2) is 0 Å². The topological polar surface area (TPSA) is 41.5 Å². The van der Waals surface area contributed by atoms with Crippen molar-refractivity contribution in [2.75, 3.05) is 13.2 Å². The van der Waals surface area contributed by atoms with Crippen LogP contribution in [0.3, 0.4) is 0 Å². The molecule has 118 valence electrons. The average Bonchev–Trinajstić information content (AvgIpc) is 2.43. The fourth-order valence-corrected chi connectivity index (χ4v) is 3.17. The van der Waals surface area contributed by atoms with Crippen molar-refractivity contribution in [3.05, 3.63) is 29.3 Å². The molecule has 0 unspecified atom stereocenters. The molecule has 1 aliphatic carbocycles. The fourth-order valence-electron chi connectivity index (χ4n) is 3.17. The van der Waals surface area contributed by atoms with Crippen LogP contribution in [0.15, 0.2) is 18.2 Å². The lowest BCUT2D eigenvalue weighted by Gasteiger charge is -2.30. The van der Waals surface area contributed by atoms with Crippen LogP contribution in [0.25, 0.3) is 0 Å². The summed E-state index contributed by atoms with van der Waals surface area (Å²) in [6, 6.07) is 6.69. The second kappa shape index (κ2) is 7.81. The Morgan fingerprint density at radius 1 is 1.19 bits per heavy atom. The Morgan fingerprint density at radius 2 is 1.86 bits per heavy atom. The molecule has 2 N–H and O–H groups in total. The van der Waals surface area contributed by atoms with Crippen molar-refractivity contribution in [3.8, 4) is 5.75 Å². The van der Waals surface area contributed by atoms with E-state index in [1.807, 2.05) is 12.1 Å². The number of hydrogen-bond acceptors (Lipinski definition) is 3. The predicted octanol–water partition coefficient (Wildman–Crippen LogP) is 3.21. The fraction of sp³-hybridized carbons (Fsp3) is 0.667. The Bertz CT molecular complexity index is 427. The van der Waals surface area contributed by atoms with Crippen LogP contribution in [-0.2, 0) is 0 Å². The Hall–Kier alpha value is -1.06. The van der Waals surface area contributed by atoms with E-state index in [2.05, 4.69) is 32.2 Å². The van der Waals surface area contributed by atoms with Gasteiger partial charge in [-0.15, -0.1) is 0 Å². The minimum Gasteiger partial charge on any atom is -0.491 e. The lowest BCUT2D eigenvalue weighted by atomic mass is 9.86. The van der Waals surface area contributed by atoms with E-state index < -0.39 is 6.10 Å². The third-order valence-electron chi connectivity index (χ3n) is 4.36. The Morgan fingerprint density at radius 3 is 2.52 bits per heavy atom. The maximum absolute atomic E-state index is 10.1.